The van der Waals surface area contributed by atoms with Crippen molar-refractivity contribution in [2.45, 2.75) is 77.4 Å². The average molecular weight is 449 g/mol. The fourth-order valence-electron chi connectivity index (χ4n) is 6.10. The molecule has 2 aliphatic rings. The van der Waals surface area contributed by atoms with Gasteiger partial charge >= 0.3 is 0 Å². The molecule has 33 heavy (non-hydrogen) atoms. The first-order valence-electron chi connectivity index (χ1n) is 13.1. The third-order valence-electron chi connectivity index (χ3n) is 8.33. The lowest BCUT2D eigenvalue weighted by molar-refractivity contribution is 0.0867. The number of hydrogen-bond donors (Lipinski definition) is 0. The monoisotopic (exact) mass is 448 g/mol. The van der Waals surface area contributed by atoms with E-state index in [1.54, 1.807) is 0 Å². The van der Waals surface area contributed by atoms with Crippen molar-refractivity contribution in [3.05, 3.63) is 65.2 Å². The minimum Gasteiger partial charge on any atom is -0.489 e. The van der Waals surface area contributed by atoms with Gasteiger partial charge in [-0.3, -0.25) is 0 Å². The van der Waals surface area contributed by atoms with Crippen molar-refractivity contribution in [3.63, 3.8) is 0 Å². The smallest absolute Gasteiger partial charge is 0.122 e. The van der Waals surface area contributed by atoms with Crippen molar-refractivity contribution in [3.8, 4) is 5.75 Å². The van der Waals surface area contributed by atoms with Crippen molar-refractivity contribution in [2.24, 2.45) is 5.41 Å². The predicted molar refractivity (Wildman–Crippen MR) is 139 cm³/mol. The standard InChI is InChI=1S/C30H44N2O/c1-24-20-26(15-16-29(24)33-23-25-12-7-5-8-13-25)28(30(2)17-9-6-10-18-30)22-32-19-11-14-27(21-32)31(3)4/h5,7-8,12-13,15-16,20,27-28H,6,9-11,14,17-19,21-23H2,1-4H3/t27-,28?/m0/s1. The molecule has 2 atom stereocenters. The zero-order valence-corrected chi connectivity index (χ0v) is 21.4. The number of likely N-dealkylation sites (tertiary alicyclic amines) is 1. The van der Waals surface area contributed by atoms with Gasteiger partial charge in [0, 0.05) is 25.0 Å². The molecule has 2 aromatic rings. The first-order valence-corrected chi connectivity index (χ1v) is 13.1. The maximum absolute atomic E-state index is 6.20. The van der Waals surface area contributed by atoms with Crippen LogP contribution in [0, 0.1) is 12.3 Å². The molecule has 4 rings (SSSR count). The van der Waals surface area contributed by atoms with Crippen LogP contribution in [0.25, 0.3) is 0 Å². The van der Waals surface area contributed by atoms with Gasteiger partial charge < -0.3 is 14.5 Å². The van der Waals surface area contributed by atoms with Crippen LogP contribution in [0.5, 0.6) is 5.75 Å². The second-order valence-electron chi connectivity index (χ2n) is 11.1. The Kier molecular flexibility index (Phi) is 8.14. The Hall–Kier alpha value is -1.84. The number of hydrogen-bond acceptors (Lipinski definition) is 3. The fraction of sp³-hybridized carbons (Fsp3) is 0.600. The van der Waals surface area contributed by atoms with Gasteiger partial charge in [-0.1, -0.05) is 68.7 Å². The van der Waals surface area contributed by atoms with E-state index in [2.05, 4.69) is 86.3 Å². The second-order valence-corrected chi connectivity index (χ2v) is 11.1. The Bertz CT molecular complexity index is 872. The molecule has 1 saturated heterocycles. The summed E-state index contributed by atoms with van der Waals surface area (Å²) in [4.78, 5) is 5.18. The average Bonchev–Trinajstić information content (AvgIpc) is 2.83. The minimum atomic E-state index is 0.391. The lowest BCUT2D eigenvalue weighted by Crippen LogP contribution is -2.48. The van der Waals surface area contributed by atoms with Crippen molar-refractivity contribution in [1.82, 2.24) is 9.80 Å². The van der Waals surface area contributed by atoms with E-state index in [1.807, 2.05) is 0 Å². The van der Waals surface area contributed by atoms with Crippen LogP contribution in [-0.4, -0.2) is 49.6 Å². The SMILES string of the molecule is Cc1cc(C(CN2CCC[C@H](N(C)C)C2)C2(C)CCCCC2)ccc1OCc1ccccc1. The molecule has 1 heterocycles. The van der Waals surface area contributed by atoms with Gasteiger partial charge in [0.05, 0.1) is 0 Å². The van der Waals surface area contributed by atoms with E-state index in [0.717, 1.165) is 5.75 Å². The highest BCUT2D eigenvalue weighted by atomic mass is 16.5. The summed E-state index contributed by atoms with van der Waals surface area (Å²) < 4.78 is 6.20. The summed E-state index contributed by atoms with van der Waals surface area (Å²) in [5.41, 5.74) is 4.38. The number of likely N-dealkylation sites (N-methyl/N-ethyl adjacent to an activating group) is 1. The van der Waals surface area contributed by atoms with Gasteiger partial charge in [0.15, 0.2) is 0 Å². The van der Waals surface area contributed by atoms with Crippen molar-refractivity contribution < 1.29 is 4.74 Å². The van der Waals surface area contributed by atoms with Crippen LogP contribution in [-0.2, 0) is 6.61 Å². The highest BCUT2D eigenvalue weighted by Crippen LogP contribution is 2.48. The van der Waals surface area contributed by atoms with E-state index in [4.69, 9.17) is 4.74 Å². The van der Waals surface area contributed by atoms with Crippen LogP contribution in [0.1, 0.15) is 74.5 Å². The van der Waals surface area contributed by atoms with Crippen LogP contribution in [0.3, 0.4) is 0 Å². The number of aryl methyl sites for hydroxylation is 1. The van der Waals surface area contributed by atoms with Gasteiger partial charge in [-0.15, -0.1) is 0 Å². The molecular formula is C30H44N2O. The van der Waals surface area contributed by atoms with Gasteiger partial charge in [0.1, 0.15) is 12.4 Å². The molecule has 0 aromatic heterocycles. The molecule has 2 aromatic carbocycles. The normalized spacial score (nSPS) is 22.3. The summed E-state index contributed by atoms with van der Waals surface area (Å²) in [6, 6.07) is 18.2. The van der Waals surface area contributed by atoms with E-state index in [9.17, 15) is 0 Å². The van der Waals surface area contributed by atoms with Gasteiger partial charge in [-0.05, 0) is 81.4 Å². The maximum atomic E-state index is 6.20. The Balaban J connectivity index is 1.53. The first kappa shape index (κ1) is 24.3. The Morgan fingerprint density at radius 1 is 1.03 bits per heavy atom. The van der Waals surface area contributed by atoms with E-state index in [-0.39, 0.29) is 0 Å². The second kappa shape index (κ2) is 11.1. The van der Waals surface area contributed by atoms with Crippen molar-refractivity contribution in [1.29, 1.82) is 0 Å². The van der Waals surface area contributed by atoms with Crippen LogP contribution in [0.2, 0.25) is 0 Å². The highest BCUT2D eigenvalue weighted by molar-refractivity contribution is 5.39. The molecule has 3 heteroatoms. The first-order chi connectivity index (χ1) is 15.9. The molecule has 0 N–H and O–H groups in total. The van der Waals surface area contributed by atoms with E-state index in [0.29, 0.717) is 24.0 Å². The van der Waals surface area contributed by atoms with Crippen LogP contribution in [0.4, 0.5) is 0 Å². The number of benzene rings is 2. The molecule has 1 saturated carbocycles. The lowest BCUT2D eigenvalue weighted by atomic mass is 9.64. The lowest BCUT2D eigenvalue weighted by Gasteiger charge is -2.45. The molecule has 1 aliphatic heterocycles. The summed E-state index contributed by atoms with van der Waals surface area (Å²) in [6.45, 7) is 9.05. The van der Waals surface area contributed by atoms with Gasteiger partial charge in [-0.25, -0.2) is 0 Å². The van der Waals surface area contributed by atoms with Crippen molar-refractivity contribution in [2.75, 3.05) is 33.7 Å². The summed E-state index contributed by atoms with van der Waals surface area (Å²) in [7, 11) is 4.48. The Labute approximate surface area is 202 Å². The molecule has 3 nitrogen and oxygen atoms in total. The van der Waals surface area contributed by atoms with E-state index < -0.39 is 0 Å². The molecule has 0 amide bonds. The highest BCUT2D eigenvalue weighted by Gasteiger charge is 2.38. The van der Waals surface area contributed by atoms with E-state index >= 15 is 0 Å². The third kappa shape index (κ3) is 6.19. The minimum absolute atomic E-state index is 0.391. The predicted octanol–water partition coefficient (Wildman–Crippen LogP) is 6.65. The number of piperidine rings is 1. The Morgan fingerprint density at radius 3 is 2.48 bits per heavy atom. The third-order valence-corrected chi connectivity index (χ3v) is 8.33. The van der Waals surface area contributed by atoms with E-state index in [1.165, 1.54) is 81.3 Å². The topological polar surface area (TPSA) is 15.7 Å². The molecule has 0 radical (unpaired) electrons. The summed E-state index contributed by atoms with van der Waals surface area (Å²) in [5.74, 6) is 1.60. The molecule has 1 unspecified atom stereocenters. The zero-order valence-electron chi connectivity index (χ0n) is 21.4. The fourth-order valence-corrected chi connectivity index (χ4v) is 6.10. The maximum Gasteiger partial charge on any atom is 0.122 e. The molecule has 0 spiro atoms. The van der Waals surface area contributed by atoms with Crippen LogP contribution < -0.4 is 4.74 Å². The molecular weight excluding hydrogens is 404 g/mol. The van der Waals surface area contributed by atoms with Crippen LogP contribution in [0.15, 0.2) is 48.5 Å². The summed E-state index contributed by atoms with van der Waals surface area (Å²) in [5, 5.41) is 0. The molecule has 1 aliphatic carbocycles. The van der Waals surface area contributed by atoms with Gasteiger partial charge in [0.25, 0.3) is 0 Å². The van der Waals surface area contributed by atoms with Gasteiger partial charge in [0.2, 0.25) is 0 Å². The molecule has 0 bridgehead atoms. The number of rotatable bonds is 8. The number of ether oxygens (including phenoxy) is 1. The number of nitrogens with zero attached hydrogens (tertiary/aromatic N) is 2. The molecule has 2 fully saturated rings. The largest absolute Gasteiger partial charge is 0.489 e. The summed E-state index contributed by atoms with van der Waals surface area (Å²) >= 11 is 0. The Morgan fingerprint density at radius 2 is 1.79 bits per heavy atom. The van der Waals surface area contributed by atoms with Crippen molar-refractivity contribution >= 4 is 0 Å². The van der Waals surface area contributed by atoms with Gasteiger partial charge in [-0.2, -0.15) is 0 Å². The molecule has 180 valence electrons. The zero-order chi connectivity index (χ0) is 23.3. The summed E-state index contributed by atoms with van der Waals surface area (Å²) in [6.07, 6.45) is 9.52. The van der Waals surface area contributed by atoms with Crippen LogP contribution >= 0.6 is 0 Å². The quantitative estimate of drug-likeness (QED) is 0.449.